The van der Waals surface area contributed by atoms with Gasteiger partial charge in [-0.05, 0) is 98.5 Å². The molecule has 0 bridgehead atoms. The van der Waals surface area contributed by atoms with E-state index in [1.165, 1.54) is 50.2 Å². The van der Waals surface area contributed by atoms with E-state index >= 15 is 0 Å². The van der Waals surface area contributed by atoms with Gasteiger partial charge in [0.05, 0.1) is 21.2 Å². The number of hydrogen-bond donors (Lipinski definition) is 4. The van der Waals surface area contributed by atoms with E-state index in [0.717, 1.165) is 0 Å². The molecule has 0 heterocycles. The van der Waals surface area contributed by atoms with Crippen LogP contribution in [0.3, 0.4) is 0 Å². The van der Waals surface area contributed by atoms with Crippen molar-refractivity contribution < 1.29 is 28.8 Å². The number of alkyl halides is 2. The molecule has 5 aromatic rings. The molecule has 5 rings (SSSR count). The van der Waals surface area contributed by atoms with Crippen LogP contribution in [-0.2, 0) is 30.9 Å². The molecule has 318 valence electrons. The number of rotatable bonds is 16. The summed E-state index contributed by atoms with van der Waals surface area (Å²) in [6.07, 6.45) is 0. The van der Waals surface area contributed by atoms with Gasteiger partial charge in [-0.15, -0.1) is 23.2 Å². The molecule has 2 atom stereocenters. The number of nitrogens with zero attached hydrogens (tertiary/aromatic N) is 4. The Labute approximate surface area is 376 Å². The summed E-state index contributed by atoms with van der Waals surface area (Å²) in [5.41, 5.74) is 4.24. The lowest BCUT2D eigenvalue weighted by Crippen LogP contribution is -2.33. The van der Waals surface area contributed by atoms with Crippen molar-refractivity contribution in [1.29, 1.82) is 0 Å². The topological polar surface area (TPSA) is 200 Å². The van der Waals surface area contributed by atoms with Crippen molar-refractivity contribution >= 4 is 116 Å². The Bertz CT molecular complexity index is 2610. The maximum atomic E-state index is 13.4. The molecular formula is C44H38Cl4N8O6. The summed E-state index contributed by atoms with van der Waals surface area (Å²) in [4.78, 5) is 78.3. The van der Waals surface area contributed by atoms with Gasteiger partial charge in [-0.1, -0.05) is 71.7 Å². The standard InChI is InChI=1S/C44H38Cl4N8O6/c1-23-19-29(49-43(61)39(25(3)57)55-53-34-17-9-13-30(36(34)47)41(59)50-32-15-7-5-11-27(32)21-45)20-24(2)38(23)52-44(62)40(26(4)58)56-54-35-18-10-14-31(37(35)48)42(60)51-33-16-8-6-12-28(33)22-46/h5-20,39-40H,21-22H2,1-4H3,(H,49,61)(H,50,59)(H,51,60)(H,52,62). The molecule has 0 aliphatic carbocycles. The van der Waals surface area contributed by atoms with Crippen LogP contribution in [0.1, 0.15) is 56.8 Å². The highest BCUT2D eigenvalue weighted by molar-refractivity contribution is 6.37. The van der Waals surface area contributed by atoms with Crippen LogP contribution in [0.2, 0.25) is 10.0 Å². The van der Waals surface area contributed by atoms with E-state index < -0.39 is 47.3 Å². The van der Waals surface area contributed by atoms with Crippen molar-refractivity contribution in [3.05, 3.63) is 140 Å². The zero-order chi connectivity index (χ0) is 45.1. The monoisotopic (exact) mass is 914 g/mol. The second-order valence-electron chi connectivity index (χ2n) is 13.7. The molecule has 0 aliphatic heterocycles. The summed E-state index contributed by atoms with van der Waals surface area (Å²) in [5.74, 6) is -3.57. The average molecular weight is 917 g/mol. The number of nitrogens with one attached hydrogen (secondary N) is 4. The summed E-state index contributed by atoms with van der Waals surface area (Å²) in [7, 11) is 0. The molecule has 0 aromatic heterocycles. The zero-order valence-electron chi connectivity index (χ0n) is 33.6. The number of Topliss-reactive ketones (excluding diaryl/α,β-unsaturated/α-hetero) is 2. The van der Waals surface area contributed by atoms with E-state index in [2.05, 4.69) is 41.7 Å². The fourth-order valence-electron chi connectivity index (χ4n) is 5.95. The number of anilines is 4. The molecule has 4 N–H and O–H groups in total. The van der Waals surface area contributed by atoms with Gasteiger partial charge >= 0.3 is 0 Å². The van der Waals surface area contributed by atoms with Crippen molar-refractivity contribution in [2.75, 3.05) is 21.3 Å². The Morgan fingerprint density at radius 1 is 0.548 bits per heavy atom. The molecule has 0 saturated heterocycles. The van der Waals surface area contributed by atoms with Gasteiger partial charge < -0.3 is 21.3 Å². The minimum atomic E-state index is -1.59. The predicted molar refractivity (Wildman–Crippen MR) is 242 cm³/mol. The Hall–Kier alpha value is -6.32. The van der Waals surface area contributed by atoms with E-state index in [0.29, 0.717) is 39.3 Å². The van der Waals surface area contributed by atoms with E-state index in [4.69, 9.17) is 46.4 Å². The van der Waals surface area contributed by atoms with Crippen LogP contribution in [0.25, 0.3) is 0 Å². The summed E-state index contributed by atoms with van der Waals surface area (Å²) in [6, 6.07) is 22.9. The van der Waals surface area contributed by atoms with Crippen LogP contribution >= 0.6 is 46.4 Å². The van der Waals surface area contributed by atoms with Gasteiger partial charge in [0.15, 0.2) is 11.6 Å². The summed E-state index contributed by atoms with van der Waals surface area (Å²) in [6.45, 7) is 5.67. The van der Waals surface area contributed by atoms with Crippen LogP contribution in [0.15, 0.2) is 118 Å². The second-order valence-corrected chi connectivity index (χ2v) is 15.0. The van der Waals surface area contributed by atoms with Gasteiger partial charge in [-0.25, -0.2) is 0 Å². The highest BCUT2D eigenvalue weighted by Crippen LogP contribution is 2.32. The third-order valence-corrected chi connectivity index (χ3v) is 10.5. The quantitative estimate of drug-likeness (QED) is 0.0431. The molecule has 4 amide bonds. The number of aryl methyl sites for hydroxylation is 2. The number of para-hydroxylation sites is 2. The Balaban J connectivity index is 1.27. The fraction of sp³-hybridized carbons (Fsp3) is 0.182. The normalized spacial score (nSPS) is 12.1. The zero-order valence-corrected chi connectivity index (χ0v) is 36.6. The lowest BCUT2D eigenvalue weighted by atomic mass is 10.1. The molecule has 5 aromatic carbocycles. The van der Waals surface area contributed by atoms with Crippen molar-refractivity contribution in [1.82, 2.24) is 0 Å². The van der Waals surface area contributed by atoms with Gasteiger partial charge in [-0.2, -0.15) is 20.5 Å². The minimum Gasteiger partial charge on any atom is -0.324 e. The number of halogens is 4. The van der Waals surface area contributed by atoms with Gasteiger partial charge in [0, 0.05) is 34.5 Å². The van der Waals surface area contributed by atoms with Crippen LogP contribution in [0.4, 0.5) is 34.1 Å². The Kier molecular flexibility index (Phi) is 16.2. The van der Waals surface area contributed by atoms with Crippen LogP contribution in [-0.4, -0.2) is 47.3 Å². The summed E-state index contributed by atoms with van der Waals surface area (Å²) < 4.78 is 0. The molecule has 2 unspecified atom stereocenters. The molecule has 62 heavy (non-hydrogen) atoms. The lowest BCUT2D eigenvalue weighted by molar-refractivity contribution is -0.127. The van der Waals surface area contributed by atoms with Crippen LogP contribution in [0, 0.1) is 13.8 Å². The maximum absolute atomic E-state index is 13.4. The van der Waals surface area contributed by atoms with Crippen LogP contribution in [0.5, 0.6) is 0 Å². The Morgan fingerprint density at radius 3 is 1.35 bits per heavy atom. The third-order valence-electron chi connectivity index (χ3n) is 9.14. The number of carbonyl (C=O) groups excluding carboxylic acids is 6. The highest BCUT2D eigenvalue weighted by atomic mass is 35.5. The van der Waals surface area contributed by atoms with Crippen molar-refractivity contribution in [3.8, 4) is 0 Å². The summed E-state index contributed by atoms with van der Waals surface area (Å²) >= 11 is 25.1. The van der Waals surface area contributed by atoms with E-state index in [9.17, 15) is 28.8 Å². The first-order valence-electron chi connectivity index (χ1n) is 18.7. The molecule has 0 saturated carbocycles. The van der Waals surface area contributed by atoms with Crippen LogP contribution < -0.4 is 21.3 Å². The molecule has 0 fully saturated rings. The highest BCUT2D eigenvalue weighted by Gasteiger charge is 2.27. The lowest BCUT2D eigenvalue weighted by Gasteiger charge is -2.17. The molecule has 0 spiro atoms. The van der Waals surface area contributed by atoms with Crippen molar-refractivity contribution in [2.45, 2.75) is 51.5 Å². The van der Waals surface area contributed by atoms with Crippen molar-refractivity contribution in [3.63, 3.8) is 0 Å². The van der Waals surface area contributed by atoms with E-state index in [-0.39, 0.29) is 50.0 Å². The van der Waals surface area contributed by atoms with Gasteiger partial charge in [0.25, 0.3) is 23.6 Å². The number of carbonyl (C=O) groups is 6. The van der Waals surface area contributed by atoms with Gasteiger partial charge in [-0.3, -0.25) is 28.8 Å². The minimum absolute atomic E-state index is 0.0449. The molecule has 14 nitrogen and oxygen atoms in total. The number of ketones is 2. The first-order chi connectivity index (χ1) is 29.6. The van der Waals surface area contributed by atoms with E-state index in [1.54, 1.807) is 74.5 Å². The first-order valence-corrected chi connectivity index (χ1v) is 20.5. The van der Waals surface area contributed by atoms with Gasteiger partial charge in [0.1, 0.15) is 11.4 Å². The number of benzene rings is 5. The van der Waals surface area contributed by atoms with Crippen molar-refractivity contribution in [2.24, 2.45) is 20.5 Å². The fourth-order valence-corrected chi connectivity index (χ4v) is 6.92. The number of amides is 4. The second kappa shape index (κ2) is 21.5. The molecule has 0 radical (unpaired) electrons. The maximum Gasteiger partial charge on any atom is 0.258 e. The first kappa shape index (κ1) is 46.7. The number of azo groups is 2. The molecule has 18 heteroatoms. The Morgan fingerprint density at radius 2 is 0.952 bits per heavy atom. The number of hydrogen-bond acceptors (Lipinski definition) is 10. The van der Waals surface area contributed by atoms with E-state index in [1.807, 2.05) is 0 Å². The molecule has 0 aliphatic rings. The SMILES string of the molecule is CC(=O)C(N=Nc1cccc(C(=O)Nc2ccccc2CCl)c1Cl)C(=O)Nc1cc(C)c(NC(=O)C(N=Nc2cccc(C(=O)Nc3ccccc3CCl)c2Cl)C(C)=O)c(C)c1. The smallest absolute Gasteiger partial charge is 0.258 e. The third kappa shape index (κ3) is 11.5. The van der Waals surface area contributed by atoms with Gasteiger partial charge in [0.2, 0.25) is 12.1 Å². The average Bonchev–Trinajstić information content (AvgIpc) is 3.23. The predicted octanol–water partition coefficient (Wildman–Crippen LogP) is 11.0. The molecular weight excluding hydrogens is 878 g/mol. The largest absolute Gasteiger partial charge is 0.324 e. The summed E-state index contributed by atoms with van der Waals surface area (Å²) in [5, 5.41) is 26.9.